The summed E-state index contributed by atoms with van der Waals surface area (Å²) in [5, 5.41) is 9.25. The summed E-state index contributed by atoms with van der Waals surface area (Å²) in [4.78, 5) is 19.4. The molecule has 0 saturated heterocycles. The van der Waals surface area contributed by atoms with Crippen LogP contribution in [0.15, 0.2) is 42.0 Å². The van der Waals surface area contributed by atoms with E-state index >= 15 is 0 Å². The number of ketones is 1. The molecule has 0 saturated carbocycles. The summed E-state index contributed by atoms with van der Waals surface area (Å²) in [6.07, 6.45) is 9.78. The van der Waals surface area contributed by atoms with Crippen LogP contribution in [0.5, 0.6) is 0 Å². The number of carbonyl (C=O) groups is 1. The SMILES string of the molecule is CCCCC(CCCC)c1ccc(-c2ccc(-c3ccc(/C=C(\C#N)C(=O)CC)s3)s2)s1. The molecule has 0 aromatic carbocycles. The minimum absolute atomic E-state index is 0.106. The van der Waals surface area contributed by atoms with Crippen LogP contribution in [-0.2, 0) is 4.79 Å². The quantitative estimate of drug-likeness (QED) is 0.191. The second kappa shape index (κ2) is 12.3. The molecule has 2 nitrogen and oxygen atoms in total. The third-order valence-electron chi connectivity index (χ3n) is 5.59. The van der Waals surface area contributed by atoms with E-state index in [4.69, 9.17) is 0 Å². The van der Waals surface area contributed by atoms with Crippen molar-refractivity contribution in [2.24, 2.45) is 0 Å². The Morgan fingerprint density at radius 3 is 2.03 bits per heavy atom. The molecule has 3 aromatic heterocycles. The van der Waals surface area contributed by atoms with Crippen LogP contribution in [0.2, 0.25) is 0 Å². The number of Topliss-reactive ketones (excluding diaryl/α,β-unsaturated/α-hetero) is 1. The van der Waals surface area contributed by atoms with Crippen molar-refractivity contribution in [1.82, 2.24) is 0 Å². The van der Waals surface area contributed by atoms with Gasteiger partial charge in [-0.05, 0) is 61.2 Å². The van der Waals surface area contributed by atoms with Crippen LogP contribution < -0.4 is 0 Å². The van der Waals surface area contributed by atoms with Crippen molar-refractivity contribution in [3.05, 3.63) is 51.7 Å². The number of hydrogen-bond donors (Lipinski definition) is 0. The van der Waals surface area contributed by atoms with Crippen molar-refractivity contribution >= 4 is 45.9 Å². The Balaban J connectivity index is 1.77. The summed E-state index contributed by atoms with van der Waals surface area (Å²) >= 11 is 5.40. The molecule has 168 valence electrons. The highest BCUT2D eigenvalue weighted by atomic mass is 32.1. The van der Waals surface area contributed by atoms with Gasteiger partial charge in [0, 0.05) is 35.7 Å². The van der Waals surface area contributed by atoms with Gasteiger partial charge in [-0.1, -0.05) is 46.5 Å². The number of rotatable bonds is 12. The normalized spacial score (nSPS) is 11.8. The van der Waals surface area contributed by atoms with Gasteiger partial charge in [0.15, 0.2) is 5.78 Å². The lowest BCUT2D eigenvalue weighted by Crippen LogP contribution is -1.97. The van der Waals surface area contributed by atoms with Gasteiger partial charge in [0.2, 0.25) is 0 Å². The highest BCUT2D eigenvalue weighted by molar-refractivity contribution is 7.26. The zero-order valence-electron chi connectivity index (χ0n) is 19.1. The summed E-state index contributed by atoms with van der Waals surface area (Å²) < 4.78 is 0. The van der Waals surface area contributed by atoms with Crippen LogP contribution in [0.1, 0.15) is 81.4 Å². The Morgan fingerprint density at radius 2 is 1.44 bits per heavy atom. The summed E-state index contributed by atoms with van der Waals surface area (Å²) in [6, 6.07) is 15.2. The zero-order chi connectivity index (χ0) is 22.9. The van der Waals surface area contributed by atoms with Crippen molar-refractivity contribution < 1.29 is 4.79 Å². The van der Waals surface area contributed by atoms with Gasteiger partial charge in [-0.2, -0.15) is 5.26 Å². The first-order valence-electron chi connectivity index (χ1n) is 11.5. The molecule has 0 unspecified atom stereocenters. The lowest BCUT2D eigenvalue weighted by Gasteiger charge is -2.14. The molecule has 0 radical (unpaired) electrons. The molecule has 0 aliphatic carbocycles. The van der Waals surface area contributed by atoms with Crippen molar-refractivity contribution in [3.63, 3.8) is 0 Å². The molecule has 0 bridgehead atoms. The summed E-state index contributed by atoms with van der Waals surface area (Å²) in [5.41, 5.74) is 0.236. The average molecular weight is 482 g/mol. The lowest BCUT2D eigenvalue weighted by molar-refractivity contribution is -0.114. The van der Waals surface area contributed by atoms with E-state index in [1.807, 2.05) is 34.8 Å². The van der Waals surface area contributed by atoms with Crippen molar-refractivity contribution in [3.8, 4) is 25.6 Å². The number of nitriles is 1. The first kappa shape index (κ1) is 24.6. The van der Waals surface area contributed by atoms with E-state index in [0.717, 1.165) is 4.88 Å². The number of unbranched alkanes of at least 4 members (excludes halogenated alkanes) is 2. The number of allylic oxidation sites excluding steroid dienone is 1. The van der Waals surface area contributed by atoms with Crippen LogP contribution in [-0.4, -0.2) is 5.78 Å². The fourth-order valence-corrected chi connectivity index (χ4v) is 7.02. The molecule has 0 aliphatic heterocycles. The fraction of sp³-hybridized carbons (Fsp3) is 0.407. The molecule has 0 N–H and O–H groups in total. The number of carbonyl (C=O) groups excluding carboxylic acids is 1. The fourth-order valence-electron chi connectivity index (χ4n) is 3.71. The third kappa shape index (κ3) is 6.28. The Hall–Kier alpha value is -2.00. The predicted molar refractivity (Wildman–Crippen MR) is 142 cm³/mol. The Kier molecular flexibility index (Phi) is 9.47. The standard InChI is InChI=1S/C27H31NOS3/c1-4-7-9-19(10-8-5-2)23-13-14-26(31-23)27-16-15-25(32-27)24-12-11-21(30-24)17-20(18-28)22(29)6-3/h11-17,19H,4-10H2,1-3H3/b20-17+. The molecule has 3 rings (SSSR count). The number of nitrogens with zero attached hydrogens (tertiary/aromatic N) is 1. The molecule has 3 heterocycles. The van der Waals surface area contributed by atoms with Gasteiger partial charge in [0.1, 0.15) is 6.07 Å². The Morgan fingerprint density at radius 1 is 0.875 bits per heavy atom. The molecule has 0 aliphatic rings. The number of thiophene rings is 3. The van der Waals surface area contributed by atoms with Crippen molar-refractivity contribution in [2.45, 2.75) is 71.6 Å². The highest BCUT2D eigenvalue weighted by Gasteiger charge is 2.15. The first-order valence-corrected chi connectivity index (χ1v) is 14.0. The van der Waals surface area contributed by atoms with Gasteiger partial charge in [0.05, 0.1) is 5.57 Å². The zero-order valence-corrected chi connectivity index (χ0v) is 21.6. The maximum Gasteiger partial charge on any atom is 0.173 e. The van der Waals surface area contributed by atoms with Crippen molar-refractivity contribution in [1.29, 1.82) is 5.26 Å². The molecule has 0 atom stereocenters. The summed E-state index contributed by atoms with van der Waals surface area (Å²) in [7, 11) is 0. The first-order chi connectivity index (χ1) is 15.6. The van der Waals surface area contributed by atoms with Gasteiger partial charge in [-0.25, -0.2) is 0 Å². The Bertz CT molecular complexity index is 1080. The minimum Gasteiger partial charge on any atom is -0.293 e. The van der Waals surface area contributed by atoms with Crippen LogP contribution in [0, 0.1) is 11.3 Å². The van der Waals surface area contributed by atoms with Crippen LogP contribution in [0.25, 0.3) is 25.6 Å². The maximum atomic E-state index is 11.9. The maximum absolute atomic E-state index is 11.9. The minimum atomic E-state index is -0.106. The van der Waals surface area contributed by atoms with E-state index in [0.29, 0.717) is 12.3 Å². The molecule has 0 fully saturated rings. The van der Waals surface area contributed by atoms with Gasteiger partial charge in [-0.15, -0.1) is 34.0 Å². The van der Waals surface area contributed by atoms with E-state index in [1.54, 1.807) is 24.3 Å². The largest absolute Gasteiger partial charge is 0.293 e. The second-order valence-corrected chi connectivity index (χ2v) is 11.3. The average Bonchev–Trinajstić information content (AvgIpc) is 3.57. The summed E-state index contributed by atoms with van der Waals surface area (Å²) in [5.74, 6) is 0.588. The van der Waals surface area contributed by atoms with E-state index in [9.17, 15) is 10.1 Å². The van der Waals surface area contributed by atoms with Gasteiger partial charge in [0.25, 0.3) is 0 Å². The predicted octanol–water partition coefficient (Wildman–Crippen LogP) is 9.56. The summed E-state index contributed by atoms with van der Waals surface area (Å²) in [6.45, 7) is 6.34. The molecule has 3 aromatic rings. The lowest BCUT2D eigenvalue weighted by atomic mass is 9.94. The van der Waals surface area contributed by atoms with Crippen LogP contribution >= 0.6 is 34.0 Å². The van der Waals surface area contributed by atoms with E-state index in [1.165, 1.54) is 62.9 Å². The van der Waals surface area contributed by atoms with Gasteiger partial charge < -0.3 is 0 Å². The van der Waals surface area contributed by atoms with Crippen LogP contribution in [0.3, 0.4) is 0 Å². The number of hydrogen-bond acceptors (Lipinski definition) is 5. The van der Waals surface area contributed by atoms with E-state index in [-0.39, 0.29) is 11.4 Å². The van der Waals surface area contributed by atoms with Crippen molar-refractivity contribution in [2.75, 3.05) is 0 Å². The molecular formula is C27H31NOS3. The molecule has 0 amide bonds. The third-order valence-corrected chi connectivity index (χ3v) is 9.35. The van der Waals surface area contributed by atoms with E-state index < -0.39 is 0 Å². The topological polar surface area (TPSA) is 40.9 Å². The highest BCUT2D eigenvalue weighted by Crippen LogP contribution is 2.42. The van der Waals surface area contributed by atoms with Gasteiger partial charge >= 0.3 is 0 Å². The Labute approximate surface area is 204 Å². The van der Waals surface area contributed by atoms with E-state index in [2.05, 4.69) is 44.2 Å². The molecule has 32 heavy (non-hydrogen) atoms. The smallest absolute Gasteiger partial charge is 0.173 e. The monoisotopic (exact) mass is 481 g/mol. The van der Waals surface area contributed by atoms with Gasteiger partial charge in [-0.3, -0.25) is 4.79 Å². The second-order valence-electron chi connectivity index (χ2n) is 8.00. The molecular weight excluding hydrogens is 451 g/mol. The molecule has 5 heteroatoms. The van der Waals surface area contributed by atoms with Crippen LogP contribution in [0.4, 0.5) is 0 Å². The molecule has 0 spiro atoms.